The smallest absolute Gasteiger partial charge is 0.326 e. The van der Waals surface area contributed by atoms with Crippen molar-refractivity contribution in [2.75, 3.05) is 0 Å². The van der Waals surface area contributed by atoms with Gasteiger partial charge in [0.1, 0.15) is 11.1 Å². The van der Waals surface area contributed by atoms with E-state index in [0.717, 1.165) is 25.7 Å². The van der Waals surface area contributed by atoms with Crippen LogP contribution in [0.15, 0.2) is 0 Å². The van der Waals surface area contributed by atoms with Gasteiger partial charge in [-0.15, -0.1) is 0 Å². The number of esters is 1. The zero-order valence-electron chi connectivity index (χ0n) is 11.2. The van der Waals surface area contributed by atoms with E-state index in [4.69, 9.17) is 10.5 Å². The summed E-state index contributed by atoms with van der Waals surface area (Å²) in [5.41, 5.74) is 5.26. The van der Waals surface area contributed by atoms with Gasteiger partial charge in [0, 0.05) is 0 Å². The van der Waals surface area contributed by atoms with Crippen LogP contribution in [0.25, 0.3) is 0 Å². The Morgan fingerprint density at radius 3 is 1.94 bits per heavy atom. The minimum absolute atomic E-state index is 0.240. The van der Waals surface area contributed by atoms with Crippen molar-refractivity contribution in [2.24, 2.45) is 11.1 Å². The number of rotatable bonds is 1. The molecule has 0 radical (unpaired) electrons. The van der Waals surface area contributed by atoms with E-state index in [0.29, 0.717) is 5.41 Å². The van der Waals surface area contributed by atoms with Gasteiger partial charge in [0.2, 0.25) is 0 Å². The van der Waals surface area contributed by atoms with E-state index in [1.54, 1.807) is 0 Å². The summed E-state index contributed by atoms with van der Waals surface area (Å²) in [4.78, 5) is 12.0. The summed E-state index contributed by atoms with van der Waals surface area (Å²) < 4.78 is 5.38. The van der Waals surface area contributed by atoms with Crippen molar-refractivity contribution in [3.63, 3.8) is 0 Å². The summed E-state index contributed by atoms with van der Waals surface area (Å²) in [6, 6.07) is 0. The lowest BCUT2D eigenvalue weighted by Crippen LogP contribution is -2.54. The van der Waals surface area contributed by atoms with Gasteiger partial charge >= 0.3 is 5.97 Å². The average molecular weight is 227 g/mol. The number of carbonyl (C=O) groups excluding carboxylic acids is 1. The normalized spacial score (nSPS) is 23.9. The van der Waals surface area contributed by atoms with E-state index in [9.17, 15) is 4.79 Å². The Balaban J connectivity index is 2.63. The molecule has 0 aromatic rings. The molecule has 0 amide bonds. The third-order valence-corrected chi connectivity index (χ3v) is 3.30. The summed E-state index contributed by atoms with van der Waals surface area (Å²) in [5, 5.41) is 0. The lowest BCUT2D eigenvalue weighted by atomic mass is 9.70. The fraction of sp³-hybridized carbons (Fsp3) is 0.923. The summed E-state index contributed by atoms with van der Waals surface area (Å²) in [6.45, 7) is 10.1. The second kappa shape index (κ2) is 4.02. The van der Waals surface area contributed by atoms with Crippen LogP contribution in [0.5, 0.6) is 0 Å². The standard InChI is InChI=1S/C13H25NO2/c1-11(2,3)16-10(15)13(14)8-6-12(4,5)7-9-13/h6-9,14H2,1-5H3. The molecule has 16 heavy (non-hydrogen) atoms. The Morgan fingerprint density at radius 1 is 1.12 bits per heavy atom. The molecule has 0 spiro atoms. The van der Waals surface area contributed by atoms with Crippen LogP contribution in [0.1, 0.15) is 60.3 Å². The van der Waals surface area contributed by atoms with E-state index in [1.165, 1.54) is 0 Å². The Labute approximate surface area is 98.7 Å². The van der Waals surface area contributed by atoms with Gasteiger partial charge < -0.3 is 10.5 Å². The molecule has 0 unspecified atom stereocenters. The maximum atomic E-state index is 12.0. The van der Waals surface area contributed by atoms with Crippen LogP contribution in [0.3, 0.4) is 0 Å². The number of carbonyl (C=O) groups is 1. The highest BCUT2D eigenvalue weighted by molar-refractivity contribution is 5.81. The van der Waals surface area contributed by atoms with Gasteiger partial charge in [-0.25, -0.2) is 0 Å². The molecule has 3 heteroatoms. The molecule has 94 valence electrons. The molecule has 0 saturated heterocycles. The number of hydrogen-bond donors (Lipinski definition) is 1. The lowest BCUT2D eigenvalue weighted by molar-refractivity contribution is -0.163. The topological polar surface area (TPSA) is 52.3 Å². The van der Waals surface area contributed by atoms with Crippen LogP contribution in [0.2, 0.25) is 0 Å². The fourth-order valence-electron chi connectivity index (χ4n) is 1.96. The van der Waals surface area contributed by atoms with Gasteiger partial charge in [-0.3, -0.25) is 4.79 Å². The second-order valence-corrected chi connectivity index (χ2v) is 6.82. The summed E-state index contributed by atoms with van der Waals surface area (Å²) in [5.74, 6) is -0.240. The monoisotopic (exact) mass is 227 g/mol. The Bertz CT molecular complexity index is 266. The molecule has 3 nitrogen and oxygen atoms in total. The Morgan fingerprint density at radius 2 is 1.56 bits per heavy atom. The molecule has 2 N–H and O–H groups in total. The van der Waals surface area contributed by atoms with Crippen molar-refractivity contribution in [3.05, 3.63) is 0 Å². The van der Waals surface area contributed by atoms with Gasteiger partial charge in [0.15, 0.2) is 0 Å². The van der Waals surface area contributed by atoms with Gasteiger partial charge in [0.05, 0.1) is 0 Å². The van der Waals surface area contributed by atoms with E-state index < -0.39 is 11.1 Å². The van der Waals surface area contributed by atoms with E-state index >= 15 is 0 Å². The third-order valence-electron chi connectivity index (χ3n) is 3.30. The van der Waals surface area contributed by atoms with E-state index in [1.807, 2.05) is 20.8 Å². The maximum Gasteiger partial charge on any atom is 0.326 e. The SMILES string of the molecule is CC1(C)CCC(N)(C(=O)OC(C)(C)C)CC1. The first kappa shape index (κ1) is 13.5. The Hall–Kier alpha value is -0.570. The van der Waals surface area contributed by atoms with Gasteiger partial charge in [0.25, 0.3) is 0 Å². The van der Waals surface area contributed by atoms with Crippen LogP contribution < -0.4 is 5.73 Å². The molecule has 1 aliphatic carbocycles. The predicted octanol–water partition coefficient (Wildman–Crippen LogP) is 2.63. The van der Waals surface area contributed by atoms with Crippen LogP contribution >= 0.6 is 0 Å². The zero-order chi connectivity index (χ0) is 12.6. The van der Waals surface area contributed by atoms with Crippen molar-refractivity contribution in [2.45, 2.75) is 71.4 Å². The van der Waals surface area contributed by atoms with Gasteiger partial charge in [-0.05, 0) is 51.9 Å². The highest BCUT2D eigenvalue weighted by Gasteiger charge is 2.43. The third kappa shape index (κ3) is 3.48. The molecule has 1 rings (SSSR count). The molecule has 1 fully saturated rings. The van der Waals surface area contributed by atoms with Crippen LogP contribution in [-0.4, -0.2) is 17.1 Å². The predicted molar refractivity (Wildman–Crippen MR) is 65.0 cm³/mol. The molecular weight excluding hydrogens is 202 g/mol. The first-order chi connectivity index (χ1) is 7.04. The van der Waals surface area contributed by atoms with Crippen molar-refractivity contribution in [1.29, 1.82) is 0 Å². The van der Waals surface area contributed by atoms with Crippen LogP contribution in [0.4, 0.5) is 0 Å². The highest BCUT2D eigenvalue weighted by atomic mass is 16.6. The zero-order valence-corrected chi connectivity index (χ0v) is 11.2. The minimum Gasteiger partial charge on any atom is -0.459 e. The van der Waals surface area contributed by atoms with E-state index in [2.05, 4.69) is 13.8 Å². The van der Waals surface area contributed by atoms with Crippen molar-refractivity contribution in [3.8, 4) is 0 Å². The number of ether oxygens (including phenoxy) is 1. The average Bonchev–Trinajstić information content (AvgIpc) is 2.08. The van der Waals surface area contributed by atoms with Gasteiger partial charge in [-0.2, -0.15) is 0 Å². The summed E-state index contributed by atoms with van der Waals surface area (Å²) in [6.07, 6.45) is 3.44. The molecule has 1 aliphatic rings. The summed E-state index contributed by atoms with van der Waals surface area (Å²) in [7, 11) is 0. The number of nitrogens with two attached hydrogens (primary N) is 1. The molecule has 0 atom stereocenters. The summed E-state index contributed by atoms with van der Waals surface area (Å²) >= 11 is 0. The molecule has 0 aromatic heterocycles. The lowest BCUT2D eigenvalue weighted by Gasteiger charge is -2.40. The molecule has 0 bridgehead atoms. The van der Waals surface area contributed by atoms with E-state index in [-0.39, 0.29) is 5.97 Å². The molecule has 1 saturated carbocycles. The highest BCUT2D eigenvalue weighted by Crippen LogP contribution is 2.39. The fourth-order valence-corrected chi connectivity index (χ4v) is 1.96. The first-order valence-corrected chi connectivity index (χ1v) is 6.07. The second-order valence-electron chi connectivity index (χ2n) is 6.82. The van der Waals surface area contributed by atoms with Crippen molar-refractivity contribution in [1.82, 2.24) is 0 Å². The van der Waals surface area contributed by atoms with Crippen LogP contribution in [0, 0.1) is 5.41 Å². The quantitative estimate of drug-likeness (QED) is 0.701. The molecule has 0 aromatic carbocycles. The first-order valence-electron chi connectivity index (χ1n) is 6.07. The van der Waals surface area contributed by atoms with Crippen LogP contribution in [-0.2, 0) is 9.53 Å². The molecular formula is C13H25NO2. The van der Waals surface area contributed by atoms with Crippen molar-refractivity contribution < 1.29 is 9.53 Å². The largest absolute Gasteiger partial charge is 0.459 e. The number of hydrogen-bond acceptors (Lipinski definition) is 3. The molecule has 0 aliphatic heterocycles. The van der Waals surface area contributed by atoms with Crippen molar-refractivity contribution >= 4 is 5.97 Å². The maximum absolute atomic E-state index is 12.0. The van der Waals surface area contributed by atoms with Gasteiger partial charge in [-0.1, -0.05) is 13.8 Å². The minimum atomic E-state index is -0.761. The Kier molecular flexibility index (Phi) is 3.39. The molecule has 0 heterocycles.